The number of benzene rings is 2. The number of anilines is 1. The summed E-state index contributed by atoms with van der Waals surface area (Å²) < 4.78 is 25.6. The lowest BCUT2D eigenvalue weighted by molar-refractivity contribution is 0.101. The number of rotatable bonds is 5. The Kier molecular flexibility index (Phi) is 5.64. The highest BCUT2D eigenvalue weighted by Crippen LogP contribution is 2.29. The van der Waals surface area contributed by atoms with Crippen LogP contribution >= 0.6 is 0 Å². The molecule has 3 aromatic rings. The number of nitrogens with one attached hydrogen (secondary N) is 1. The number of nitrogens with zero attached hydrogens (tertiary/aromatic N) is 2. The van der Waals surface area contributed by atoms with Crippen LogP contribution in [0.25, 0.3) is 10.9 Å². The van der Waals surface area contributed by atoms with Crippen LogP contribution < -0.4 is 5.32 Å². The zero-order chi connectivity index (χ0) is 21.3. The molecule has 7 heteroatoms. The van der Waals surface area contributed by atoms with Crippen molar-refractivity contribution in [1.29, 1.82) is 0 Å². The Bertz CT molecular complexity index is 1190. The summed E-state index contributed by atoms with van der Waals surface area (Å²) in [6.07, 6.45) is 7.21. The third-order valence-corrected chi connectivity index (χ3v) is 6.98. The molecule has 1 N–H and O–H groups in total. The lowest BCUT2D eigenvalue weighted by Gasteiger charge is -2.22. The minimum atomic E-state index is -3.35. The molecule has 1 aliphatic rings. The normalized spacial score (nSPS) is 15.4. The first-order valence-corrected chi connectivity index (χ1v) is 12.3. The maximum absolute atomic E-state index is 13.3. The second-order valence-corrected chi connectivity index (χ2v) is 10.3. The average Bonchev–Trinajstić information content (AvgIpc) is 3.08. The summed E-state index contributed by atoms with van der Waals surface area (Å²) in [5.41, 5.74) is 2.80. The molecular weight excluding hydrogens is 398 g/mol. The van der Waals surface area contributed by atoms with E-state index in [9.17, 15) is 13.2 Å². The zero-order valence-electron chi connectivity index (χ0n) is 17.4. The quantitative estimate of drug-likeness (QED) is 0.649. The summed E-state index contributed by atoms with van der Waals surface area (Å²) in [5.74, 6) is 0.252. The van der Waals surface area contributed by atoms with Crippen LogP contribution in [0.2, 0.25) is 0 Å². The van der Waals surface area contributed by atoms with E-state index in [4.69, 9.17) is 5.10 Å². The maximum Gasteiger partial charge on any atom is 0.274 e. The van der Waals surface area contributed by atoms with Gasteiger partial charge in [0.1, 0.15) is 5.69 Å². The van der Waals surface area contributed by atoms with Gasteiger partial charge in [-0.25, -0.2) is 8.42 Å². The number of aryl methyl sites for hydroxylation is 1. The van der Waals surface area contributed by atoms with Crippen molar-refractivity contribution >= 4 is 32.3 Å². The minimum absolute atomic E-state index is 0.178. The Morgan fingerprint density at radius 3 is 2.60 bits per heavy atom. The zero-order valence-corrected chi connectivity index (χ0v) is 18.2. The fourth-order valence-corrected chi connectivity index (χ4v) is 4.99. The highest BCUT2D eigenvalue weighted by Gasteiger charge is 2.23. The monoisotopic (exact) mass is 425 g/mol. The van der Waals surface area contributed by atoms with Crippen LogP contribution in [0.5, 0.6) is 0 Å². The van der Waals surface area contributed by atoms with Crippen LogP contribution in [0.4, 0.5) is 5.69 Å². The topological polar surface area (TPSA) is 81.1 Å². The Balaban J connectivity index is 1.71. The molecule has 0 atom stereocenters. The molecule has 6 nitrogen and oxygen atoms in total. The van der Waals surface area contributed by atoms with Crippen molar-refractivity contribution in [3.05, 3.63) is 53.7 Å². The second-order valence-electron chi connectivity index (χ2n) is 8.26. The Morgan fingerprint density at radius 1 is 1.13 bits per heavy atom. The van der Waals surface area contributed by atoms with Crippen LogP contribution in [0.3, 0.4) is 0 Å². The van der Waals surface area contributed by atoms with Gasteiger partial charge < -0.3 is 5.32 Å². The van der Waals surface area contributed by atoms with E-state index in [1.165, 1.54) is 31.4 Å². The molecule has 1 aliphatic carbocycles. The van der Waals surface area contributed by atoms with Crippen LogP contribution in [0.15, 0.2) is 47.4 Å². The Morgan fingerprint density at radius 2 is 1.87 bits per heavy atom. The van der Waals surface area contributed by atoms with Crippen molar-refractivity contribution in [3.8, 4) is 0 Å². The summed E-state index contributed by atoms with van der Waals surface area (Å²) in [6.45, 7) is 2.70. The van der Waals surface area contributed by atoms with Gasteiger partial charge in [0.25, 0.3) is 5.91 Å². The SMILES string of the molecule is Cc1cccc2nn(CC3CCCCC3)c(C(=O)Nc3cccc(S(C)(=O)=O)c3)c12. The Hall–Kier alpha value is -2.67. The first kappa shape index (κ1) is 20.6. The number of amides is 1. The van der Waals surface area contributed by atoms with Crippen LogP contribution in [0.1, 0.15) is 48.2 Å². The van der Waals surface area contributed by atoms with Gasteiger partial charge in [-0.2, -0.15) is 5.10 Å². The van der Waals surface area contributed by atoms with Gasteiger partial charge in [0.05, 0.1) is 10.4 Å². The number of hydrogen-bond donors (Lipinski definition) is 1. The van der Waals surface area contributed by atoms with Crippen molar-refractivity contribution in [3.63, 3.8) is 0 Å². The number of carbonyl (C=O) groups is 1. The van der Waals surface area contributed by atoms with Gasteiger partial charge in [0.15, 0.2) is 9.84 Å². The van der Waals surface area contributed by atoms with E-state index in [0.717, 1.165) is 42.1 Å². The van der Waals surface area contributed by atoms with Gasteiger partial charge in [-0.1, -0.05) is 37.5 Å². The molecule has 0 radical (unpaired) electrons. The third kappa shape index (κ3) is 4.26. The van der Waals surface area contributed by atoms with Crippen LogP contribution in [0, 0.1) is 12.8 Å². The van der Waals surface area contributed by atoms with Gasteiger partial charge in [-0.15, -0.1) is 0 Å². The summed E-state index contributed by atoms with van der Waals surface area (Å²) >= 11 is 0. The summed E-state index contributed by atoms with van der Waals surface area (Å²) in [7, 11) is -3.35. The van der Waals surface area contributed by atoms with Gasteiger partial charge in [0.2, 0.25) is 0 Å². The van der Waals surface area contributed by atoms with Gasteiger partial charge in [0, 0.05) is 23.9 Å². The molecule has 1 aromatic heterocycles. The molecule has 1 fully saturated rings. The van der Waals surface area contributed by atoms with Crippen LogP contribution in [-0.4, -0.2) is 30.4 Å². The van der Waals surface area contributed by atoms with E-state index >= 15 is 0 Å². The lowest BCUT2D eigenvalue weighted by Crippen LogP contribution is -2.22. The molecule has 0 spiro atoms. The summed E-state index contributed by atoms with van der Waals surface area (Å²) in [4.78, 5) is 13.5. The van der Waals surface area contributed by atoms with E-state index in [2.05, 4.69) is 5.32 Å². The fraction of sp³-hybridized carbons (Fsp3) is 0.391. The molecule has 30 heavy (non-hydrogen) atoms. The number of fused-ring (bicyclic) bond motifs is 1. The minimum Gasteiger partial charge on any atom is -0.321 e. The van der Waals surface area contributed by atoms with Crippen molar-refractivity contribution in [1.82, 2.24) is 9.78 Å². The van der Waals surface area contributed by atoms with Gasteiger partial charge in [-0.3, -0.25) is 9.48 Å². The number of hydrogen-bond acceptors (Lipinski definition) is 4. The molecule has 0 aliphatic heterocycles. The molecule has 4 rings (SSSR count). The van der Waals surface area contributed by atoms with Crippen molar-refractivity contribution < 1.29 is 13.2 Å². The number of sulfone groups is 1. The van der Waals surface area contributed by atoms with E-state index in [-0.39, 0.29) is 10.8 Å². The van der Waals surface area contributed by atoms with E-state index in [0.29, 0.717) is 17.3 Å². The number of carbonyl (C=O) groups excluding carboxylic acids is 1. The highest BCUT2D eigenvalue weighted by atomic mass is 32.2. The molecule has 0 saturated heterocycles. The summed E-state index contributed by atoms with van der Waals surface area (Å²) in [5, 5.41) is 8.49. The fourth-order valence-electron chi connectivity index (χ4n) is 4.32. The van der Waals surface area contributed by atoms with Crippen molar-refractivity contribution in [2.24, 2.45) is 5.92 Å². The van der Waals surface area contributed by atoms with Crippen LogP contribution in [-0.2, 0) is 16.4 Å². The predicted octanol–water partition coefficient (Wildman–Crippen LogP) is 4.58. The number of aromatic nitrogens is 2. The smallest absolute Gasteiger partial charge is 0.274 e. The van der Waals surface area contributed by atoms with Gasteiger partial charge >= 0.3 is 0 Å². The van der Waals surface area contributed by atoms with E-state index < -0.39 is 9.84 Å². The maximum atomic E-state index is 13.3. The van der Waals surface area contributed by atoms with E-state index in [1.807, 2.05) is 29.8 Å². The standard InChI is InChI=1S/C23H27N3O3S/c1-16-8-6-13-20-21(16)22(26(25-20)15-17-9-4-3-5-10-17)23(27)24-18-11-7-12-19(14-18)30(2,28)29/h6-8,11-14,17H,3-5,9-10,15H2,1-2H3,(H,24,27). The first-order valence-electron chi connectivity index (χ1n) is 10.4. The molecule has 1 amide bonds. The first-order chi connectivity index (χ1) is 14.3. The molecule has 0 bridgehead atoms. The second kappa shape index (κ2) is 8.22. The summed E-state index contributed by atoms with van der Waals surface area (Å²) in [6, 6.07) is 12.2. The molecular formula is C23H27N3O3S. The molecule has 1 saturated carbocycles. The van der Waals surface area contributed by atoms with Crippen molar-refractivity contribution in [2.75, 3.05) is 11.6 Å². The molecule has 158 valence electrons. The predicted molar refractivity (Wildman–Crippen MR) is 119 cm³/mol. The van der Waals surface area contributed by atoms with Gasteiger partial charge in [-0.05, 0) is 55.5 Å². The molecule has 1 heterocycles. The highest BCUT2D eigenvalue weighted by molar-refractivity contribution is 7.90. The third-order valence-electron chi connectivity index (χ3n) is 5.87. The molecule has 0 unspecified atom stereocenters. The largest absolute Gasteiger partial charge is 0.321 e. The average molecular weight is 426 g/mol. The lowest BCUT2D eigenvalue weighted by atomic mass is 9.89. The molecule has 2 aromatic carbocycles. The van der Waals surface area contributed by atoms with Crippen molar-refractivity contribution in [2.45, 2.75) is 50.5 Å². The van der Waals surface area contributed by atoms with E-state index in [1.54, 1.807) is 12.1 Å². The Labute approximate surface area is 177 Å².